The highest BCUT2D eigenvalue weighted by atomic mass is 35.5. The second-order valence-electron chi connectivity index (χ2n) is 20.3. The van der Waals surface area contributed by atoms with Crippen LogP contribution in [-0.4, -0.2) is 38.3 Å². The van der Waals surface area contributed by atoms with Gasteiger partial charge in [-0.1, -0.05) is 83.7 Å². The summed E-state index contributed by atoms with van der Waals surface area (Å²) in [6, 6.07) is 21.2. The number of esters is 1. The average molecular weight is 848 g/mol. The van der Waals surface area contributed by atoms with Crippen molar-refractivity contribution in [3.63, 3.8) is 0 Å². The Hall–Kier alpha value is -3.57. The van der Waals surface area contributed by atoms with Crippen molar-refractivity contribution in [2.45, 2.75) is 139 Å². The zero-order valence-electron chi connectivity index (χ0n) is 39.0. The van der Waals surface area contributed by atoms with Crippen LogP contribution in [0.3, 0.4) is 0 Å². The second kappa shape index (κ2) is 18.6. The van der Waals surface area contributed by atoms with Crippen LogP contribution >= 0.6 is 0 Å². The zero-order chi connectivity index (χ0) is 42.3. The van der Waals surface area contributed by atoms with Gasteiger partial charge in [-0.05, 0) is 149 Å². The Balaban J connectivity index is 0.00000561. The highest BCUT2D eigenvalue weighted by molar-refractivity contribution is 6.08. The molecule has 1 heterocycles. The van der Waals surface area contributed by atoms with Gasteiger partial charge in [-0.15, -0.1) is 0 Å². The molecule has 5 nitrogen and oxygen atoms in total. The van der Waals surface area contributed by atoms with Crippen LogP contribution < -0.4 is 27.2 Å². The van der Waals surface area contributed by atoms with Crippen LogP contribution in [0.15, 0.2) is 76.7 Å². The molecule has 0 spiro atoms. The van der Waals surface area contributed by atoms with Gasteiger partial charge >= 0.3 is 5.97 Å². The molecular formula is C55H75ClN2O3. The van der Waals surface area contributed by atoms with E-state index in [1.54, 1.807) is 5.57 Å². The zero-order valence-corrected chi connectivity index (χ0v) is 39.8. The van der Waals surface area contributed by atoms with Crippen LogP contribution in [0.25, 0.3) is 33.4 Å². The molecule has 330 valence electrons. The fraction of sp³-hybridized carbons (Fsp3) is 0.600. The second-order valence-corrected chi connectivity index (χ2v) is 20.3. The van der Waals surface area contributed by atoms with Crippen LogP contribution in [0.4, 0.5) is 5.69 Å². The van der Waals surface area contributed by atoms with Crippen molar-refractivity contribution in [2.75, 3.05) is 31.1 Å². The first-order valence-corrected chi connectivity index (χ1v) is 24.3. The number of carbonyl (C=O) groups is 1. The highest BCUT2D eigenvalue weighted by Crippen LogP contribution is 2.67. The van der Waals surface area contributed by atoms with Gasteiger partial charge in [-0.3, -0.25) is 0 Å². The third kappa shape index (κ3) is 8.36. The molecule has 6 aliphatic rings. The number of allylic oxidation sites excluding steroid dienone is 1. The molecule has 2 aromatic carbocycles. The molecule has 0 radical (unpaired) electrons. The summed E-state index contributed by atoms with van der Waals surface area (Å²) < 4.78 is 15.7. The first-order valence-electron chi connectivity index (χ1n) is 24.3. The summed E-state index contributed by atoms with van der Waals surface area (Å²) in [7, 11) is 0. The van der Waals surface area contributed by atoms with Crippen molar-refractivity contribution in [2.24, 2.45) is 46.3 Å². The molecule has 3 saturated carbocycles. The lowest BCUT2D eigenvalue weighted by Gasteiger charge is -2.58. The summed E-state index contributed by atoms with van der Waals surface area (Å²) in [5.74, 6) is 5.52. The minimum atomic E-state index is -0.219. The van der Waals surface area contributed by atoms with Gasteiger partial charge in [0.25, 0.3) is 0 Å². The standard InChI is InChI=1S/C55H75N2O3.ClH/c1-10-56(11-2)39-22-25-45-50(34-39)60-51-35-40(57(12-3)13-4)23-26-46(51)52(45)42-19-14-15-20-43(42)53(58)59-41-29-31-54(8)38(33-41)21-24-44-48-28-27-47(37(7)18-16-17-36(5)6)55(48,9)32-30-49(44)54;/h14-15,19-23,25-26,34-37,41,44,47-49H,10-13,16-18,24,27-33H2,1-9H3;1H/q+1;/p-1/t37-,41+,44+,47-,48+,49+,54+,55-;/m1./s1. The van der Waals surface area contributed by atoms with Gasteiger partial charge in [0.2, 0.25) is 5.36 Å². The minimum Gasteiger partial charge on any atom is -1.00 e. The van der Waals surface area contributed by atoms with Crippen molar-refractivity contribution in [1.82, 2.24) is 4.58 Å². The lowest BCUT2D eigenvalue weighted by Crippen LogP contribution is -3.00. The van der Waals surface area contributed by atoms with Crippen molar-refractivity contribution in [1.29, 1.82) is 0 Å². The van der Waals surface area contributed by atoms with Gasteiger partial charge in [0.1, 0.15) is 30.5 Å². The van der Waals surface area contributed by atoms with Gasteiger partial charge < -0.3 is 26.5 Å². The van der Waals surface area contributed by atoms with Crippen LogP contribution in [0.2, 0.25) is 0 Å². The van der Waals surface area contributed by atoms with Gasteiger partial charge in [0.15, 0.2) is 0 Å². The maximum Gasteiger partial charge on any atom is 0.339 e. The summed E-state index contributed by atoms with van der Waals surface area (Å²) in [5.41, 5.74) is 7.78. The lowest BCUT2D eigenvalue weighted by atomic mass is 9.47. The quantitative estimate of drug-likeness (QED) is 0.0582. The molecule has 8 atom stereocenters. The first-order chi connectivity index (χ1) is 28.9. The number of hydrogen-bond acceptors (Lipinski definition) is 4. The third-order valence-electron chi connectivity index (χ3n) is 16.9. The van der Waals surface area contributed by atoms with Gasteiger partial charge in [0.05, 0.1) is 11.6 Å². The Kier molecular flexibility index (Phi) is 13.9. The maximum atomic E-state index is 14.6. The molecule has 8 rings (SSSR count). The molecule has 2 aromatic rings. The van der Waals surface area contributed by atoms with Crippen molar-refractivity contribution < 1.29 is 26.4 Å². The van der Waals surface area contributed by atoms with E-state index in [1.807, 2.05) is 18.2 Å². The fourth-order valence-electron chi connectivity index (χ4n) is 13.6. The number of rotatable bonds is 13. The Morgan fingerprint density at radius 2 is 1.64 bits per heavy atom. The van der Waals surface area contributed by atoms with Crippen LogP contribution in [0.5, 0.6) is 0 Å². The van der Waals surface area contributed by atoms with E-state index in [2.05, 4.69) is 120 Å². The lowest BCUT2D eigenvalue weighted by molar-refractivity contribution is -0.0594. The molecule has 1 aliphatic heterocycles. The Morgan fingerprint density at radius 1 is 0.869 bits per heavy atom. The number of benzene rings is 3. The summed E-state index contributed by atoms with van der Waals surface area (Å²) in [6.07, 6.45) is 16.4. The first kappa shape index (κ1) is 45.5. The van der Waals surface area contributed by atoms with E-state index in [-0.39, 0.29) is 29.9 Å². The Labute approximate surface area is 374 Å². The number of fused-ring (bicyclic) bond motifs is 7. The molecule has 5 aliphatic carbocycles. The predicted molar refractivity (Wildman–Crippen MR) is 250 cm³/mol. The summed E-state index contributed by atoms with van der Waals surface area (Å²) in [5, 5.41) is 2.14. The van der Waals surface area contributed by atoms with E-state index in [9.17, 15) is 4.79 Å². The van der Waals surface area contributed by atoms with E-state index in [0.717, 1.165) is 125 Å². The van der Waals surface area contributed by atoms with Gasteiger partial charge in [-0.25, -0.2) is 9.37 Å². The van der Waals surface area contributed by atoms with Crippen LogP contribution in [0.1, 0.15) is 143 Å². The van der Waals surface area contributed by atoms with E-state index < -0.39 is 0 Å². The van der Waals surface area contributed by atoms with Crippen molar-refractivity contribution in [3.8, 4) is 22.5 Å². The van der Waals surface area contributed by atoms with Crippen molar-refractivity contribution >= 4 is 22.6 Å². The Bertz CT molecular complexity index is 2240. The number of halogens is 1. The van der Waals surface area contributed by atoms with Gasteiger partial charge in [0, 0.05) is 53.8 Å². The number of nitrogens with zero attached hydrogens (tertiary/aromatic N) is 2. The number of ether oxygens (including phenoxy) is 1. The van der Waals surface area contributed by atoms with E-state index in [4.69, 9.17) is 9.15 Å². The molecule has 0 unspecified atom stereocenters. The average Bonchev–Trinajstić information content (AvgIpc) is 3.61. The molecule has 0 aromatic heterocycles. The monoisotopic (exact) mass is 847 g/mol. The normalized spacial score (nSPS) is 27.4. The van der Waals surface area contributed by atoms with Gasteiger partial charge in [-0.2, -0.15) is 0 Å². The summed E-state index contributed by atoms with van der Waals surface area (Å²) in [6.45, 7) is 25.0. The summed E-state index contributed by atoms with van der Waals surface area (Å²) >= 11 is 0. The number of anilines is 1. The molecule has 0 bridgehead atoms. The molecular weight excluding hydrogens is 772 g/mol. The largest absolute Gasteiger partial charge is 1.00 e. The maximum absolute atomic E-state index is 14.6. The van der Waals surface area contributed by atoms with E-state index >= 15 is 0 Å². The summed E-state index contributed by atoms with van der Waals surface area (Å²) in [4.78, 5) is 16.9. The van der Waals surface area contributed by atoms with Crippen LogP contribution in [-0.2, 0) is 4.74 Å². The number of hydrogen-bond donors (Lipinski definition) is 0. The number of carbonyl (C=O) groups excluding carboxylic acids is 1. The molecule has 6 heteroatoms. The van der Waals surface area contributed by atoms with E-state index in [0.29, 0.717) is 11.0 Å². The SMILES string of the molecule is CCN(CC)c1ccc2c(-c3ccccc3C(=O)O[C@H]3CC[C@@]4(C)C(=CC[C@H]5[C@@H]6CC[C@H]([C@H](C)CCCC(C)C)[C@@]6(C)CC[C@@H]54)C3)c3ccc(=[N+](CC)CC)cc-3oc2c1.[Cl-]. The van der Waals surface area contributed by atoms with Crippen molar-refractivity contribution in [3.05, 3.63) is 83.2 Å². The van der Waals surface area contributed by atoms with Crippen LogP contribution in [0, 0.1) is 46.3 Å². The predicted octanol–water partition coefficient (Wildman–Crippen LogP) is 10.4. The molecule has 0 N–H and O–H groups in total. The highest BCUT2D eigenvalue weighted by Gasteiger charge is 2.59. The third-order valence-corrected chi connectivity index (χ3v) is 16.9. The Morgan fingerprint density at radius 3 is 2.38 bits per heavy atom. The fourth-order valence-corrected chi connectivity index (χ4v) is 13.6. The molecule has 3 fully saturated rings. The van der Waals surface area contributed by atoms with E-state index in [1.165, 1.54) is 51.4 Å². The topological polar surface area (TPSA) is 45.7 Å². The molecule has 61 heavy (non-hydrogen) atoms. The molecule has 0 amide bonds. The smallest absolute Gasteiger partial charge is 0.339 e. The molecule has 0 saturated heterocycles. The minimum absolute atomic E-state index is 0.